The number of aromatic amines is 1. The van der Waals surface area contributed by atoms with Gasteiger partial charge in [0.05, 0.1) is 33.9 Å². The summed E-state index contributed by atoms with van der Waals surface area (Å²) in [6.45, 7) is 3.21. The predicted octanol–water partition coefficient (Wildman–Crippen LogP) is 4.57. The normalized spacial score (nSPS) is 12.8. The molecule has 0 spiro atoms. The third-order valence-electron chi connectivity index (χ3n) is 7.34. The zero-order valence-corrected chi connectivity index (χ0v) is 28.0. The van der Waals surface area contributed by atoms with Gasteiger partial charge in [-0.1, -0.05) is 23.6 Å². The summed E-state index contributed by atoms with van der Waals surface area (Å²) >= 11 is 6.48. The van der Waals surface area contributed by atoms with Crippen molar-refractivity contribution in [2.45, 2.75) is 38.0 Å². The Hall–Kier alpha value is -5.28. The Morgan fingerprint density at radius 1 is 1.08 bits per heavy atom. The van der Waals surface area contributed by atoms with Crippen LogP contribution in [0.15, 0.2) is 53.6 Å². The fraction of sp³-hybridized carbons (Fsp3) is 0.258. The van der Waals surface area contributed by atoms with Crippen LogP contribution in [0.4, 0.5) is 27.8 Å². The van der Waals surface area contributed by atoms with Crippen LogP contribution in [0.1, 0.15) is 36.8 Å². The van der Waals surface area contributed by atoms with Gasteiger partial charge in [-0.15, -0.1) is 0 Å². The minimum absolute atomic E-state index is 0.0142. The molecule has 0 saturated heterocycles. The highest BCUT2D eigenvalue weighted by molar-refractivity contribution is 7.92. The second-order valence-corrected chi connectivity index (χ2v) is 13.8. The van der Waals surface area contributed by atoms with Crippen molar-refractivity contribution in [2.24, 2.45) is 7.05 Å². The van der Waals surface area contributed by atoms with Crippen LogP contribution in [-0.4, -0.2) is 56.3 Å². The van der Waals surface area contributed by atoms with Gasteiger partial charge in [-0.3, -0.25) is 18.8 Å². The highest BCUT2D eigenvalue weighted by atomic mass is 35.5. The number of hydrogen-bond donors (Lipinski definition) is 3. The van der Waals surface area contributed by atoms with Crippen LogP contribution in [0.3, 0.4) is 0 Å². The van der Waals surface area contributed by atoms with Crippen molar-refractivity contribution in [1.29, 1.82) is 0 Å². The SMILES string of the molecule is Cn1nc(NS(C)(=O)=O)c2c(Cl)ccc(-c3ccc(C#CC(C)(C)n4cn[nH]c4=O)nc3[C@H](Cc3cc(F)cc(F)c3)NC(=O)C(F)(F)F)c21. The molecule has 0 aliphatic rings. The first-order chi connectivity index (χ1) is 23.2. The second-order valence-electron chi connectivity index (χ2n) is 11.6. The molecule has 2 aromatic carbocycles. The van der Waals surface area contributed by atoms with Gasteiger partial charge >= 0.3 is 17.8 Å². The van der Waals surface area contributed by atoms with E-state index < -0.39 is 57.4 Å². The van der Waals surface area contributed by atoms with Crippen molar-refractivity contribution in [2.75, 3.05) is 11.0 Å². The van der Waals surface area contributed by atoms with E-state index in [1.807, 2.05) is 5.32 Å². The van der Waals surface area contributed by atoms with E-state index >= 15 is 0 Å². The molecule has 0 unspecified atom stereocenters. The Balaban J connectivity index is 1.78. The third kappa shape index (κ3) is 7.79. The number of fused-ring (bicyclic) bond motifs is 1. The van der Waals surface area contributed by atoms with E-state index in [-0.39, 0.29) is 49.8 Å². The number of anilines is 1. The molecule has 12 nitrogen and oxygen atoms in total. The Morgan fingerprint density at radius 2 is 1.74 bits per heavy atom. The van der Waals surface area contributed by atoms with Crippen molar-refractivity contribution < 1.29 is 35.2 Å². The summed E-state index contributed by atoms with van der Waals surface area (Å²) in [6.07, 6.45) is -3.79. The molecule has 262 valence electrons. The molecule has 0 aliphatic heterocycles. The number of alkyl halides is 3. The first kappa shape index (κ1) is 36.0. The standard InChI is InChI=1S/C31H26ClF5N8O4S/c1-30(2,45-15-38-41-29(45)47)10-9-19-5-6-20(21-7-8-22(32)24-26(21)44(3)42-27(24)43-50(4,48)49)25(39-19)23(40-28(46)31(35,36)37)13-16-11-17(33)14-18(34)12-16/h5-8,11-12,14-15,23H,13H2,1-4H3,(H,40,46)(H,41,47)(H,42,43)/t23-/m0/s1. The molecule has 0 radical (unpaired) electrons. The zero-order valence-electron chi connectivity index (χ0n) is 26.4. The highest BCUT2D eigenvalue weighted by Crippen LogP contribution is 2.40. The van der Waals surface area contributed by atoms with Gasteiger partial charge < -0.3 is 5.32 Å². The molecule has 3 N–H and O–H groups in total. The maximum Gasteiger partial charge on any atom is 0.471 e. The van der Waals surface area contributed by atoms with Crippen LogP contribution in [0.2, 0.25) is 5.02 Å². The fourth-order valence-electron chi connectivity index (χ4n) is 5.22. The number of aryl methyl sites for hydroxylation is 1. The van der Waals surface area contributed by atoms with Gasteiger partial charge in [0.2, 0.25) is 10.0 Å². The zero-order chi connectivity index (χ0) is 36.8. The van der Waals surface area contributed by atoms with Gasteiger partial charge in [-0.05, 0) is 62.1 Å². The predicted molar refractivity (Wildman–Crippen MR) is 173 cm³/mol. The number of halogens is 6. The molecule has 3 heterocycles. The van der Waals surface area contributed by atoms with Crippen LogP contribution >= 0.6 is 11.6 Å². The molecular weight excluding hydrogens is 711 g/mol. The van der Waals surface area contributed by atoms with E-state index in [4.69, 9.17) is 11.6 Å². The third-order valence-corrected chi connectivity index (χ3v) is 8.22. The van der Waals surface area contributed by atoms with Crippen molar-refractivity contribution in [1.82, 2.24) is 34.8 Å². The number of sulfonamides is 1. The summed E-state index contributed by atoms with van der Waals surface area (Å²) < 4.78 is 98.4. The van der Waals surface area contributed by atoms with Crippen molar-refractivity contribution in [3.8, 4) is 23.0 Å². The molecule has 1 atom stereocenters. The van der Waals surface area contributed by atoms with Gasteiger partial charge in [0.15, 0.2) is 5.82 Å². The molecule has 3 aromatic heterocycles. The highest BCUT2D eigenvalue weighted by Gasteiger charge is 2.40. The van der Waals surface area contributed by atoms with Crippen LogP contribution in [0.5, 0.6) is 0 Å². The molecule has 1 amide bonds. The number of aromatic nitrogens is 6. The molecule has 50 heavy (non-hydrogen) atoms. The summed E-state index contributed by atoms with van der Waals surface area (Å²) in [7, 11) is -2.36. The van der Waals surface area contributed by atoms with E-state index in [1.165, 1.54) is 46.9 Å². The number of amides is 1. The maximum atomic E-state index is 14.2. The minimum atomic E-state index is -5.35. The van der Waals surface area contributed by atoms with Crippen molar-refractivity contribution in [3.05, 3.63) is 92.9 Å². The lowest BCUT2D eigenvalue weighted by molar-refractivity contribution is -0.174. The molecule has 0 bridgehead atoms. The van der Waals surface area contributed by atoms with Crippen LogP contribution in [0.25, 0.3) is 22.0 Å². The average Bonchev–Trinajstić information content (AvgIpc) is 3.57. The number of H-pyrrole nitrogens is 1. The fourth-order valence-corrected chi connectivity index (χ4v) is 5.96. The van der Waals surface area contributed by atoms with Gasteiger partial charge in [0, 0.05) is 24.2 Å². The minimum Gasteiger partial charge on any atom is -0.340 e. The first-order valence-corrected chi connectivity index (χ1v) is 16.6. The number of nitrogens with one attached hydrogen (secondary N) is 3. The average molecular weight is 737 g/mol. The molecule has 0 aliphatic carbocycles. The van der Waals surface area contributed by atoms with Gasteiger partial charge in [-0.2, -0.15) is 23.4 Å². The van der Waals surface area contributed by atoms with E-state index in [9.17, 15) is 40.0 Å². The largest absolute Gasteiger partial charge is 0.471 e. The summed E-state index contributed by atoms with van der Waals surface area (Å²) in [4.78, 5) is 29.1. The summed E-state index contributed by atoms with van der Waals surface area (Å²) in [5.74, 6) is 1.16. The summed E-state index contributed by atoms with van der Waals surface area (Å²) in [6, 6.07) is 6.47. The molecule has 0 fully saturated rings. The Kier molecular flexibility index (Phi) is 9.51. The first-order valence-electron chi connectivity index (χ1n) is 14.4. The quantitative estimate of drug-likeness (QED) is 0.156. The maximum absolute atomic E-state index is 14.2. The molecule has 0 saturated carbocycles. The van der Waals surface area contributed by atoms with Gasteiger partial charge in [0.25, 0.3) is 0 Å². The van der Waals surface area contributed by atoms with Gasteiger partial charge in [-0.25, -0.2) is 32.1 Å². The van der Waals surface area contributed by atoms with E-state index in [1.54, 1.807) is 13.8 Å². The van der Waals surface area contributed by atoms with Gasteiger partial charge in [0.1, 0.15) is 29.2 Å². The van der Waals surface area contributed by atoms with Crippen LogP contribution in [-0.2, 0) is 33.8 Å². The number of hydrogen-bond acceptors (Lipinski definition) is 7. The lowest BCUT2D eigenvalue weighted by atomic mass is 9.93. The number of nitrogens with zero attached hydrogens (tertiary/aromatic N) is 5. The van der Waals surface area contributed by atoms with Crippen molar-refractivity contribution in [3.63, 3.8) is 0 Å². The van der Waals surface area contributed by atoms with Crippen molar-refractivity contribution >= 4 is 44.3 Å². The number of benzene rings is 2. The smallest absolute Gasteiger partial charge is 0.340 e. The number of carbonyl (C=O) groups excluding carboxylic acids is 1. The van der Waals surface area contributed by atoms with E-state index in [0.717, 1.165) is 18.4 Å². The summed E-state index contributed by atoms with van der Waals surface area (Å²) in [5.41, 5.74) is -1.46. The Bertz CT molecular complexity index is 2360. The molecule has 5 rings (SSSR count). The number of carbonyl (C=O) groups is 1. The lowest BCUT2D eigenvalue weighted by Crippen LogP contribution is -2.40. The summed E-state index contributed by atoms with van der Waals surface area (Å²) in [5, 5.41) is 12.3. The van der Waals surface area contributed by atoms with Crippen LogP contribution < -0.4 is 15.7 Å². The van der Waals surface area contributed by atoms with E-state index in [2.05, 4.69) is 36.8 Å². The Labute approximate surface area is 285 Å². The number of pyridine rings is 1. The topological polar surface area (TPSA) is 157 Å². The van der Waals surface area contributed by atoms with Crippen LogP contribution in [0, 0.1) is 23.5 Å². The number of rotatable bonds is 8. The Morgan fingerprint density at radius 3 is 2.34 bits per heavy atom. The lowest BCUT2D eigenvalue weighted by Gasteiger charge is -2.23. The second kappa shape index (κ2) is 13.2. The molecule has 19 heteroatoms. The van der Waals surface area contributed by atoms with E-state index in [0.29, 0.717) is 6.07 Å². The molecule has 5 aromatic rings. The molecular formula is C31H26ClF5N8O4S. The monoisotopic (exact) mass is 736 g/mol.